The monoisotopic (exact) mass is 214 g/mol. The molecule has 0 bridgehead atoms. The maximum absolute atomic E-state index is 5.73. The second-order valence-corrected chi connectivity index (χ2v) is 5.35. The smallest absolute Gasteiger partial charge is 0.0753 e. The Kier molecular flexibility index (Phi) is 4.56. The van der Waals surface area contributed by atoms with E-state index >= 15 is 0 Å². The lowest BCUT2D eigenvalue weighted by atomic mass is 9.98. The Morgan fingerprint density at radius 2 is 2.07 bits per heavy atom. The minimum atomic E-state index is 0.0197. The Labute approximate surface area is 94.2 Å². The number of nitrogens with zero attached hydrogens (tertiary/aromatic N) is 1. The van der Waals surface area contributed by atoms with Crippen LogP contribution in [0.3, 0.4) is 0 Å². The summed E-state index contributed by atoms with van der Waals surface area (Å²) in [6, 6.07) is 0.626. The van der Waals surface area contributed by atoms with E-state index in [0.717, 1.165) is 26.2 Å². The van der Waals surface area contributed by atoms with E-state index in [0.29, 0.717) is 12.0 Å². The van der Waals surface area contributed by atoms with Crippen LogP contribution in [0.2, 0.25) is 0 Å². The van der Waals surface area contributed by atoms with Crippen LogP contribution in [-0.2, 0) is 4.74 Å². The molecule has 1 fully saturated rings. The lowest BCUT2D eigenvalue weighted by Gasteiger charge is -2.43. The Hall–Kier alpha value is -0.120. The second-order valence-electron chi connectivity index (χ2n) is 5.35. The van der Waals surface area contributed by atoms with Crippen molar-refractivity contribution in [2.24, 2.45) is 5.92 Å². The van der Waals surface area contributed by atoms with Crippen LogP contribution < -0.4 is 5.32 Å². The average molecular weight is 214 g/mol. The summed E-state index contributed by atoms with van der Waals surface area (Å²) in [4.78, 5) is 2.55. The second kappa shape index (κ2) is 5.28. The Balaban J connectivity index is 2.48. The van der Waals surface area contributed by atoms with Crippen LogP contribution in [0.1, 0.15) is 27.7 Å². The van der Waals surface area contributed by atoms with Gasteiger partial charge in [0.2, 0.25) is 0 Å². The summed E-state index contributed by atoms with van der Waals surface area (Å²) in [5.74, 6) is 0.684. The Bertz CT molecular complexity index is 194. The molecule has 0 aromatic heterocycles. The van der Waals surface area contributed by atoms with E-state index in [-0.39, 0.29) is 5.60 Å². The molecule has 0 aromatic rings. The molecule has 1 aliphatic rings. The van der Waals surface area contributed by atoms with Gasteiger partial charge in [-0.2, -0.15) is 0 Å². The summed E-state index contributed by atoms with van der Waals surface area (Å²) in [6.07, 6.45) is 0. The van der Waals surface area contributed by atoms with Gasteiger partial charge in [-0.15, -0.1) is 0 Å². The Morgan fingerprint density at radius 1 is 1.40 bits per heavy atom. The summed E-state index contributed by atoms with van der Waals surface area (Å²) in [6.45, 7) is 13.0. The maximum atomic E-state index is 5.73. The third-order valence-corrected chi connectivity index (χ3v) is 3.38. The molecule has 0 amide bonds. The predicted octanol–water partition coefficient (Wildman–Crippen LogP) is 1.34. The highest BCUT2D eigenvalue weighted by molar-refractivity contribution is 4.84. The molecular weight excluding hydrogens is 188 g/mol. The molecule has 1 saturated heterocycles. The van der Waals surface area contributed by atoms with Crippen molar-refractivity contribution in [1.82, 2.24) is 10.2 Å². The van der Waals surface area contributed by atoms with Crippen molar-refractivity contribution in [3.63, 3.8) is 0 Å². The fourth-order valence-corrected chi connectivity index (χ4v) is 2.25. The molecule has 0 aliphatic carbocycles. The van der Waals surface area contributed by atoms with Crippen molar-refractivity contribution in [2.45, 2.75) is 39.3 Å². The number of ether oxygens (including phenoxy) is 1. The number of hydrogen-bond acceptors (Lipinski definition) is 3. The lowest BCUT2D eigenvalue weighted by molar-refractivity contribution is -0.0999. The van der Waals surface area contributed by atoms with Crippen LogP contribution in [0.5, 0.6) is 0 Å². The minimum Gasteiger partial charge on any atom is -0.373 e. The minimum absolute atomic E-state index is 0.0197. The first-order chi connectivity index (χ1) is 6.96. The first kappa shape index (κ1) is 12.9. The van der Waals surface area contributed by atoms with Gasteiger partial charge in [-0.05, 0) is 40.3 Å². The summed E-state index contributed by atoms with van der Waals surface area (Å²) in [7, 11) is 2.02. The molecule has 2 atom stereocenters. The molecule has 1 heterocycles. The van der Waals surface area contributed by atoms with E-state index in [1.54, 1.807) is 0 Å². The number of hydrogen-bond donors (Lipinski definition) is 1. The molecule has 90 valence electrons. The van der Waals surface area contributed by atoms with Crippen molar-refractivity contribution in [3.8, 4) is 0 Å². The van der Waals surface area contributed by atoms with Crippen molar-refractivity contribution >= 4 is 0 Å². The van der Waals surface area contributed by atoms with Gasteiger partial charge in [0.15, 0.2) is 0 Å². The van der Waals surface area contributed by atoms with Gasteiger partial charge >= 0.3 is 0 Å². The molecule has 2 unspecified atom stereocenters. The van der Waals surface area contributed by atoms with Crippen LogP contribution in [0, 0.1) is 5.92 Å². The van der Waals surface area contributed by atoms with Crippen LogP contribution in [0.4, 0.5) is 0 Å². The van der Waals surface area contributed by atoms with Gasteiger partial charge in [0, 0.05) is 19.1 Å². The molecule has 0 saturated carbocycles. The van der Waals surface area contributed by atoms with Gasteiger partial charge in [-0.25, -0.2) is 0 Å². The topological polar surface area (TPSA) is 24.5 Å². The fraction of sp³-hybridized carbons (Fsp3) is 1.00. The van der Waals surface area contributed by atoms with Gasteiger partial charge in [-0.3, -0.25) is 4.90 Å². The van der Waals surface area contributed by atoms with E-state index in [2.05, 4.69) is 37.9 Å². The van der Waals surface area contributed by atoms with Crippen molar-refractivity contribution < 1.29 is 4.74 Å². The zero-order valence-electron chi connectivity index (χ0n) is 10.8. The molecule has 15 heavy (non-hydrogen) atoms. The average Bonchev–Trinajstić information content (AvgIpc) is 2.15. The fourth-order valence-electron chi connectivity index (χ4n) is 2.25. The van der Waals surface area contributed by atoms with Crippen LogP contribution in [0.15, 0.2) is 0 Å². The zero-order valence-corrected chi connectivity index (χ0v) is 10.8. The van der Waals surface area contributed by atoms with Gasteiger partial charge in [0.25, 0.3) is 0 Å². The molecule has 1 N–H and O–H groups in total. The molecule has 1 rings (SSSR count). The highest BCUT2D eigenvalue weighted by Gasteiger charge is 2.31. The summed E-state index contributed by atoms with van der Waals surface area (Å²) >= 11 is 0. The normalized spacial score (nSPS) is 26.2. The van der Waals surface area contributed by atoms with Gasteiger partial charge < -0.3 is 10.1 Å². The highest BCUT2D eigenvalue weighted by Crippen LogP contribution is 2.21. The van der Waals surface area contributed by atoms with Gasteiger partial charge in [0.05, 0.1) is 12.2 Å². The molecule has 1 aliphatic heterocycles. The molecule has 0 spiro atoms. The van der Waals surface area contributed by atoms with E-state index in [1.807, 2.05) is 7.05 Å². The Morgan fingerprint density at radius 3 is 2.60 bits per heavy atom. The molecule has 3 nitrogen and oxygen atoms in total. The zero-order chi connectivity index (χ0) is 11.5. The van der Waals surface area contributed by atoms with Crippen LogP contribution in [0.25, 0.3) is 0 Å². The number of morpholine rings is 1. The van der Waals surface area contributed by atoms with E-state index in [1.165, 1.54) is 0 Å². The third-order valence-electron chi connectivity index (χ3n) is 3.38. The van der Waals surface area contributed by atoms with E-state index in [4.69, 9.17) is 4.74 Å². The standard InChI is InChI=1S/C12H26N2O/c1-10(8-13-5)11(2)14-6-7-15-12(3,4)9-14/h10-11,13H,6-9H2,1-5H3. The number of rotatable bonds is 4. The van der Waals surface area contributed by atoms with Crippen molar-refractivity contribution in [3.05, 3.63) is 0 Å². The van der Waals surface area contributed by atoms with Crippen molar-refractivity contribution in [2.75, 3.05) is 33.3 Å². The molecule has 0 radical (unpaired) electrons. The van der Waals surface area contributed by atoms with E-state index < -0.39 is 0 Å². The van der Waals surface area contributed by atoms with Gasteiger partial charge in [-0.1, -0.05) is 6.92 Å². The predicted molar refractivity (Wildman–Crippen MR) is 64.2 cm³/mol. The summed E-state index contributed by atoms with van der Waals surface area (Å²) in [5.41, 5.74) is 0.0197. The third kappa shape index (κ3) is 3.74. The molecule has 3 heteroatoms. The first-order valence-electron chi connectivity index (χ1n) is 5.99. The lowest BCUT2D eigenvalue weighted by Crippen LogP contribution is -2.53. The largest absolute Gasteiger partial charge is 0.373 e. The number of nitrogens with one attached hydrogen (secondary N) is 1. The first-order valence-corrected chi connectivity index (χ1v) is 5.99. The van der Waals surface area contributed by atoms with Gasteiger partial charge in [0.1, 0.15) is 0 Å². The summed E-state index contributed by atoms with van der Waals surface area (Å²) in [5, 5.41) is 3.25. The van der Waals surface area contributed by atoms with Crippen LogP contribution in [-0.4, -0.2) is 49.8 Å². The molecular formula is C12H26N2O. The van der Waals surface area contributed by atoms with Crippen LogP contribution >= 0.6 is 0 Å². The quantitative estimate of drug-likeness (QED) is 0.764. The van der Waals surface area contributed by atoms with E-state index in [9.17, 15) is 0 Å². The SMILES string of the molecule is CNCC(C)C(C)N1CCOC(C)(C)C1. The van der Waals surface area contributed by atoms with Crippen molar-refractivity contribution in [1.29, 1.82) is 0 Å². The maximum Gasteiger partial charge on any atom is 0.0753 e. The molecule has 0 aromatic carbocycles. The highest BCUT2D eigenvalue weighted by atomic mass is 16.5. The summed E-state index contributed by atoms with van der Waals surface area (Å²) < 4.78 is 5.73.